The summed E-state index contributed by atoms with van der Waals surface area (Å²) in [5.41, 5.74) is 1.06. The van der Waals surface area contributed by atoms with Gasteiger partial charge in [-0.3, -0.25) is 0 Å². The molecule has 2 heterocycles. The first-order valence-corrected chi connectivity index (χ1v) is 9.24. The highest BCUT2D eigenvalue weighted by molar-refractivity contribution is 7.88. The molecule has 1 aromatic heterocycles. The van der Waals surface area contributed by atoms with Crippen LogP contribution in [0.4, 0.5) is 0 Å². The summed E-state index contributed by atoms with van der Waals surface area (Å²) in [4.78, 5) is 0. The van der Waals surface area contributed by atoms with E-state index < -0.39 is 10.0 Å². The first kappa shape index (κ1) is 15.5. The van der Waals surface area contributed by atoms with E-state index >= 15 is 0 Å². The topological polar surface area (TPSA) is 84.2 Å². The van der Waals surface area contributed by atoms with Gasteiger partial charge in [-0.05, 0) is 50.9 Å². The van der Waals surface area contributed by atoms with E-state index in [1.807, 2.05) is 25.1 Å². The van der Waals surface area contributed by atoms with E-state index in [-0.39, 0.29) is 11.8 Å². The van der Waals surface area contributed by atoms with Crippen LogP contribution in [0.5, 0.6) is 0 Å². The van der Waals surface area contributed by atoms with E-state index in [9.17, 15) is 8.42 Å². The zero-order chi connectivity index (χ0) is 15.6. The van der Waals surface area contributed by atoms with Crippen molar-refractivity contribution in [3.8, 4) is 0 Å². The zero-order valence-electron chi connectivity index (χ0n) is 12.6. The number of rotatable bonds is 5. The number of fused-ring (bicyclic) bond motifs is 1. The molecule has 2 N–H and O–H groups in total. The predicted octanol–water partition coefficient (Wildman–Crippen LogP) is 1.64. The Labute approximate surface area is 130 Å². The van der Waals surface area contributed by atoms with Crippen molar-refractivity contribution in [2.75, 3.05) is 13.1 Å². The molecule has 2 atom stereocenters. The SMILES string of the molecule is CC(NS(=O)(=O)Cc1noc2ccccc12)C1CCCNC1. The Hall–Kier alpha value is -1.44. The largest absolute Gasteiger partial charge is 0.356 e. The Bertz CT molecular complexity index is 735. The lowest BCUT2D eigenvalue weighted by atomic mass is 9.94. The van der Waals surface area contributed by atoms with Crippen LogP contribution in [0, 0.1) is 5.92 Å². The summed E-state index contributed by atoms with van der Waals surface area (Å²) in [5.74, 6) is 0.173. The Morgan fingerprint density at radius 3 is 3.05 bits per heavy atom. The summed E-state index contributed by atoms with van der Waals surface area (Å²) >= 11 is 0. The molecule has 1 aromatic carbocycles. The first-order chi connectivity index (χ1) is 10.6. The maximum Gasteiger partial charge on any atom is 0.217 e. The van der Waals surface area contributed by atoms with Crippen molar-refractivity contribution in [2.24, 2.45) is 5.92 Å². The molecule has 22 heavy (non-hydrogen) atoms. The van der Waals surface area contributed by atoms with Crippen molar-refractivity contribution in [1.29, 1.82) is 0 Å². The van der Waals surface area contributed by atoms with Crippen LogP contribution in [-0.2, 0) is 15.8 Å². The minimum Gasteiger partial charge on any atom is -0.356 e. The van der Waals surface area contributed by atoms with Gasteiger partial charge in [0.2, 0.25) is 10.0 Å². The van der Waals surface area contributed by atoms with Crippen molar-refractivity contribution in [3.63, 3.8) is 0 Å². The Balaban J connectivity index is 1.70. The number of hydrogen-bond donors (Lipinski definition) is 2. The van der Waals surface area contributed by atoms with Crippen molar-refractivity contribution < 1.29 is 12.9 Å². The number of aromatic nitrogens is 1. The molecule has 6 nitrogen and oxygen atoms in total. The fraction of sp³-hybridized carbons (Fsp3) is 0.533. The van der Waals surface area contributed by atoms with Crippen LogP contribution < -0.4 is 10.0 Å². The van der Waals surface area contributed by atoms with Gasteiger partial charge in [-0.15, -0.1) is 0 Å². The van der Waals surface area contributed by atoms with Crippen molar-refractivity contribution >= 4 is 21.0 Å². The van der Waals surface area contributed by atoms with Gasteiger partial charge in [-0.25, -0.2) is 13.1 Å². The normalized spacial score (nSPS) is 21.0. The van der Waals surface area contributed by atoms with E-state index in [0.29, 0.717) is 17.2 Å². The number of benzene rings is 1. The fourth-order valence-corrected chi connectivity index (χ4v) is 4.36. The van der Waals surface area contributed by atoms with E-state index in [1.165, 1.54) is 0 Å². The summed E-state index contributed by atoms with van der Waals surface area (Å²) in [6, 6.07) is 7.20. The molecule has 0 spiro atoms. The second-order valence-corrected chi connectivity index (χ2v) is 7.65. The Morgan fingerprint density at radius 2 is 2.27 bits per heavy atom. The number of sulfonamides is 1. The van der Waals surface area contributed by atoms with Crippen molar-refractivity contribution in [1.82, 2.24) is 15.2 Å². The number of piperidine rings is 1. The molecule has 0 radical (unpaired) electrons. The summed E-state index contributed by atoms with van der Waals surface area (Å²) in [7, 11) is -3.44. The van der Waals surface area contributed by atoms with Crippen LogP contribution in [0.3, 0.4) is 0 Å². The van der Waals surface area contributed by atoms with Crippen molar-refractivity contribution in [2.45, 2.75) is 31.6 Å². The minimum absolute atomic E-state index is 0.0871. The average Bonchev–Trinajstić information content (AvgIpc) is 2.90. The highest BCUT2D eigenvalue weighted by atomic mass is 32.2. The van der Waals surface area contributed by atoms with Crippen LogP contribution in [0.25, 0.3) is 11.0 Å². The van der Waals surface area contributed by atoms with Crippen LogP contribution in [-0.4, -0.2) is 32.7 Å². The van der Waals surface area contributed by atoms with Gasteiger partial charge in [-0.2, -0.15) is 0 Å². The lowest BCUT2D eigenvalue weighted by Crippen LogP contribution is -2.44. The summed E-state index contributed by atoms with van der Waals surface area (Å²) in [6.07, 6.45) is 2.13. The standard InChI is InChI=1S/C15H21N3O3S/c1-11(12-5-4-8-16-9-12)18-22(19,20)10-14-13-6-2-3-7-15(13)21-17-14/h2-3,6-7,11-12,16,18H,4-5,8-10H2,1H3. The molecule has 0 amide bonds. The lowest BCUT2D eigenvalue weighted by Gasteiger charge is -2.28. The van der Waals surface area contributed by atoms with Crippen LogP contribution in [0.2, 0.25) is 0 Å². The molecule has 1 saturated heterocycles. The zero-order valence-corrected chi connectivity index (χ0v) is 13.4. The monoisotopic (exact) mass is 323 g/mol. The predicted molar refractivity (Wildman–Crippen MR) is 84.8 cm³/mol. The van der Waals surface area contributed by atoms with Gasteiger partial charge in [-0.1, -0.05) is 17.3 Å². The number of para-hydroxylation sites is 1. The molecule has 1 fully saturated rings. The number of hydrogen-bond acceptors (Lipinski definition) is 5. The lowest BCUT2D eigenvalue weighted by molar-refractivity contribution is 0.320. The van der Waals surface area contributed by atoms with Gasteiger partial charge in [0.1, 0.15) is 11.4 Å². The molecule has 2 unspecified atom stereocenters. The molecule has 2 aromatic rings. The van der Waals surface area contributed by atoms with Crippen LogP contribution in [0.1, 0.15) is 25.5 Å². The van der Waals surface area contributed by atoms with Gasteiger partial charge < -0.3 is 9.84 Å². The van der Waals surface area contributed by atoms with Crippen molar-refractivity contribution in [3.05, 3.63) is 30.0 Å². The first-order valence-electron chi connectivity index (χ1n) is 7.59. The van der Waals surface area contributed by atoms with E-state index in [1.54, 1.807) is 6.07 Å². The van der Waals surface area contributed by atoms with Gasteiger partial charge in [0, 0.05) is 11.4 Å². The fourth-order valence-electron chi connectivity index (χ4n) is 2.95. The van der Waals surface area contributed by atoms with E-state index in [2.05, 4.69) is 15.2 Å². The Kier molecular flexibility index (Phi) is 4.46. The van der Waals surface area contributed by atoms with Gasteiger partial charge in [0.15, 0.2) is 5.58 Å². The second kappa shape index (κ2) is 6.36. The molecule has 120 valence electrons. The second-order valence-electron chi connectivity index (χ2n) is 5.90. The third-order valence-corrected chi connectivity index (χ3v) is 5.57. The molecule has 1 aliphatic heterocycles. The highest BCUT2D eigenvalue weighted by Crippen LogP contribution is 2.20. The average molecular weight is 323 g/mol. The third kappa shape index (κ3) is 3.48. The molecular formula is C15H21N3O3S. The maximum atomic E-state index is 12.4. The van der Waals surface area contributed by atoms with Gasteiger partial charge >= 0.3 is 0 Å². The summed E-state index contributed by atoms with van der Waals surface area (Å²) in [5, 5.41) is 7.95. The van der Waals surface area contributed by atoms with Crippen LogP contribution >= 0.6 is 0 Å². The van der Waals surface area contributed by atoms with Gasteiger partial charge in [0.05, 0.1) is 0 Å². The third-order valence-electron chi connectivity index (χ3n) is 4.19. The molecular weight excluding hydrogens is 302 g/mol. The highest BCUT2D eigenvalue weighted by Gasteiger charge is 2.25. The molecule has 1 aliphatic rings. The summed E-state index contributed by atoms with van der Waals surface area (Å²) < 4.78 is 32.7. The van der Waals surface area contributed by atoms with E-state index in [0.717, 1.165) is 31.3 Å². The molecule has 3 rings (SSSR count). The number of nitrogens with one attached hydrogen (secondary N) is 2. The molecule has 0 aliphatic carbocycles. The molecule has 7 heteroatoms. The quantitative estimate of drug-likeness (QED) is 0.874. The maximum absolute atomic E-state index is 12.4. The van der Waals surface area contributed by atoms with Gasteiger partial charge in [0.25, 0.3) is 0 Å². The molecule has 0 saturated carbocycles. The smallest absolute Gasteiger partial charge is 0.217 e. The number of nitrogens with zero attached hydrogens (tertiary/aromatic N) is 1. The minimum atomic E-state index is -3.44. The Morgan fingerprint density at radius 1 is 1.45 bits per heavy atom. The molecule has 0 bridgehead atoms. The van der Waals surface area contributed by atoms with Crippen LogP contribution in [0.15, 0.2) is 28.8 Å². The van der Waals surface area contributed by atoms with E-state index in [4.69, 9.17) is 4.52 Å². The summed E-state index contributed by atoms with van der Waals surface area (Å²) in [6.45, 7) is 3.80.